The minimum Gasteiger partial charge on any atom is -0.497 e. The molecule has 1 unspecified atom stereocenters. The highest BCUT2D eigenvalue weighted by atomic mass is 16.5. The number of ether oxygens (including phenoxy) is 1. The fraction of sp³-hybridized carbons (Fsp3) is 0.312. The minimum absolute atomic E-state index is 0.0505. The Bertz CT molecular complexity index is 540. The Kier molecular flexibility index (Phi) is 4.96. The second kappa shape index (κ2) is 6.91. The number of hydrogen-bond acceptors (Lipinski definition) is 4. The van der Waals surface area contributed by atoms with Gasteiger partial charge in [0.1, 0.15) is 5.75 Å². The highest BCUT2D eigenvalue weighted by Gasteiger charge is 2.16. The van der Waals surface area contributed by atoms with Gasteiger partial charge in [0.2, 0.25) is 0 Å². The summed E-state index contributed by atoms with van der Waals surface area (Å²) in [6.45, 7) is 3.07. The molecule has 1 atom stereocenters. The van der Waals surface area contributed by atoms with E-state index in [2.05, 4.69) is 29.4 Å². The van der Waals surface area contributed by atoms with E-state index in [1.807, 2.05) is 24.4 Å². The molecule has 1 aromatic heterocycles. The Morgan fingerprint density at radius 3 is 2.60 bits per heavy atom. The van der Waals surface area contributed by atoms with Crippen molar-refractivity contribution in [1.29, 1.82) is 0 Å². The van der Waals surface area contributed by atoms with Crippen LogP contribution in [0.15, 0.2) is 42.7 Å². The van der Waals surface area contributed by atoms with Crippen molar-refractivity contribution in [2.75, 3.05) is 19.4 Å². The van der Waals surface area contributed by atoms with Gasteiger partial charge in [0.05, 0.1) is 13.2 Å². The van der Waals surface area contributed by atoms with Crippen molar-refractivity contribution in [3.05, 3.63) is 53.9 Å². The van der Waals surface area contributed by atoms with E-state index in [-0.39, 0.29) is 6.04 Å². The first-order valence-electron chi connectivity index (χ1n) is 6.83. The van der Waals surface area contributed by atoms with Gasteiger partial charge >= 0.3 is 0 Å². The van der Waals surface area contributed by atoms with Crippen LogP contribution in [0.4, 0.5) is 5.69 Å². The molecule has 0 saturated heterocycles. The summed E-state index contributed by atoms with van der Waals surface area (Å²) in [6, 6.07) is 9.91. The van der Waals surface area contributed by atoms with Crippen molar-refractivity contribution in [3.8, 4) is 5.75 Å². The van der Waals surface area contributed by atoms with Crippen molar-refractivity contribution in [2.45, 2.75) is 19.4 Å². The summed E-state index contributed by atoms with van der Waals surface area (Å²) in [6.07, 6.45) is 4.60. The largest absolute Gasteiger partial charge is 0.497 e. The molecule has 0 amide bonds. The molecule has 0 bridgehead atoms. The number of nitrogen functional groups attached to an aromatic ring is 1. The topological polar surface area (TPSA) is 60.2 Å². The molecule has 0 aliphatic heterocycles. The molecule has 0 saturated carbocycles. The Morgan fingerprint density at radius 2 is 2.00 bits per heavy atom. The smallest absolute Gasteiger partial charge is 0.118 e. The van der Waals surface area contributed by atoms with Gasteiger partial charge in [-0.15, -0.1) is 0 Å². The van der Waals surface area contributed by atoms with Gasteiger partial charge in [0, 0.05) is 23.6 Å². The Hall–Kier alpha value is -2.07. The third-order valence-electron chi connectivity index (χ3n) is 3.25. The summed E-state index contributed by atoms with van der Waals surface area (Å²) in [7, 11) is 1.67. The average molecular weight is 271 g/mol. The summed E-state index contributed by atoms with van der Waals surface area (Å²) in [5.41, 5.74) is 8.99. The molecule has 2 aromatic rings. The van der Waals surface area contributed by atoms with Gasteiger partial charge < -0.3 is 15.8 Å². The molecular formula is C16H21N3O. The molecule has 1 heterocycles. The van der Waals surface area contributed by atoms with Crippen LogP contribution in [0.25, 0.3) is 0 Å². The molecule has 0 aliphatic carbocycles. The number of anilines is 1. The van der Waals surface area contributed by atoms with E-state index >= 15 is 0 Å². The molecular weight excluding hydrogens is 250 g/mol. The number of benzene rings is 1. The number of rotatable bonds is 6. The predicted molar refractivity (Wildman–Crippen MR) is 81.8 cm³/mol. The first-order valence-corrected chi connectivity index (χ1v) is 6.83. The van der Waals surface area contributed by atoms with Gasteiger partial charge in [-0.1, -0.05) is 19.1 Å². The lowest BCUT2D eigenvalue weighted by molar-refractivity contribution is 0.414. The number of nitrogens with two attached hydrogens (primary N) is 1. The number of nitrogens with one attached hydrogen (secondary N) is 1. The first kappa shape index (κ1) is 14.3. The van der Waals surface area contributed by atoms with Gasteiger partial charge in [-0.05, 0) is 36.7 Å². The lowest BCUT2D eigenvalue weighted by Gasteiger charge is -2.21. The van der Waals surface area contributed by atoms with Gasteiger partial charge in [0.25, 0.3) is 0 Å². The predicted octanol–water partition coefficient (Wildman–Crippen LogP) is 2.76. The van der Waals surface area contributed by atoms with Crippen molar-refractivity contribution < 1.29 is 4.74 Å². The van der Waals surface area contributed by atoms with E-state index in [0.29, 0.717) is 0 Å². The minimum atomic E-state index is 0.0505. The highest BCUT2D eigenvalue weighted by molar-refractivity contribution is 5.50. The standard InChI is InChI=1S/C16H21N3O/c1-3-9-19-16(14-11-18-10-8-15(14)17)12-4-6-13(20-2)7-5-12/h4-8,10-11,16,19H,3,9H2,1-2H3,(H2,17,18). The molecule has 4 heteroatoms. The van der Waals surface area contributed by atoms with Crippen molar-refractivity contribution in [1.82, 2.24) is 10.3 Å². The maximum absolute atomic E-state index is 6.08. The summed E-state index contributed by atoms with van der Waals surface area (Å²) >= 11 is 0. The monoisotopic (exact) mass is 271 g/mol. The molecule has 0 aliphatic rings. The van der Waals surface area contributed by atoms with Gasteiger partial charge in [-0.25, -0.2) is 0 Å². The molecule has 106 valence electrons. The van der Waals surface area contributed by atoms with Crippen LogP contribution in [-0.4, -0.2) is 18.6 Å². The van der Waals surface area contributed by atoms with Crippen LogP contribution in [0, 0.1) is 0 Å². The van der Waals surface area contributed by atoms with E-state index < -0.39 is 0 Å². The summed E-state index contributed by atoms with van der Waals surface area (Å²) in [5, 5.41) is 3.52. The van der Waals surface area contributed by atoms with Gasteiger partial charge in [-0.3, -0.25) is 4.98 Å². The van der Waals surface area contributed by atoms with Crippen LogP contribution in [0.1, 0.15) is 30.5 Å². The SMILES string of the molecule is CCCNC(c1ccc(OC)cc1)c1cnccc1N. The third kappa shape index (κ3) is 3.27. The fourth-order valence-corrected chi connectivity index (χ4v) is 2.15. The van der Waals surface area contributed by atoms with Crippen LogP contribution in [0.2, 0.25) is 0 Å². The number of pyridine rings is 1. The molecule has 0 fully saturated rings. The van der Waals surface area contributed by atoms with Crippen molar-refractivity contribution in [3.63, 3.8) is 0 Å². The summed E-state index contributed by atoms with van der Waals surface area (Å²) in [5.74, 6) is 0.849. The highest BCUT2D eigenvalue weighted by Crippen LogP contribution is 2.27. The van der Waals surface area contributed by atoms with E-state index in [1.165, 1.54) is 0 Å². The quantitative estimate of drug-likeness (QED) is 0.848. The maximum Gasteiger partial charge on any atom is 0.118 e. The lowest BCUT2D eigenvalue weighted by atomic mass is 9.98. The molecule has 1 aromatic carbocycles. The number of hydrogen-bond donors (Lipinski definition) is 2. The molecule has 0 spiro atoms. The maximum atomic E-state index is 6.08. The number of methoxy groups -OCH3 is 1. The van der Waals surface area contributed by atoms with Crippen LogP contribution in [0.3, 0.4) is 0 Å². The second-order valence-electron chi connectivity index (χ2n) is 4.66. The van der Waals surface area contributed by atoms with E-state index in [0.717, 1.165) is 35.5 Å². The molecule has 2 rings (SSSR count). The zero-order chi connectivity index (χ0) is 14.4. The van der Waals surface area contributed by atoms with Crippen LogP contribution < -0.4 is 15.8 Å². The summed E-state index contributed by atoms with van der Waals surface area (Å²) < 4.78 is 5.20. The number of aromatic nitrogens is 1. The number of nitrogens with zero attached hydrogens (tertiary/aromatic N) is 1. The molecule has 20 heavy (non-hydrogen) atoms. The van der Waals surface area contributed by atoms with Crippen LogP contribution in [0.5, 0.6) is 5.75 Å². The fourth-order valence-electron chi connectivity index (χ4n) is 2.15. The van der Waals surface area contributed by atoms with E-state index in [1.54, 1.807) is 13.3 Å². The zero-order valence-electron chi connectivity index (χ0n) is 12.0. The molecule has 4 nitrogen and oxygen atoms in total. The second-order valence-corrected chi connectivity index (χ2v) is 4.66. The Balaban J connectivity index is 2.33. The molecule has 3 N–H and O–H groups in total. The van der Waals surface area contributed by atoms with E-state index in [9.17, 15) is 0 Å². The van der Waals surface area contributed by atoms with Crippen molar-refractivity contribution >= 4 is 5.69 Å². The van der Waals surface area contributed by atoms with Crippen molar-refractivity contribution in [2.24, 2.45) is 0 Å². The van der Waals surface area contributed by atoms with Gasteiger partial charge in [-0.2, -0.15) is 0 Å². The van der Waals surface area contributed by atoms with Crippen LogP contribution in [-0.2, 0) is 0 Å². The van der Waals surface area contributed by atoms with Gasteiger partial charge in [0.15, 0.2) is 0 Å². The normalized spacial score (nSPS) is 12.1. The lowest BCUT2D eigenvalue weighted by Crippen LogP contribution is -2.24. The zero-order valence-corrected chi connectivity index (χ0v) is 12.0. The average Bonchev–Trinajstić information content (AvgIpc) is 2.50. The Morgan fingerprint density at radius 1 is 1.25 bits per heavy atom. The van der Waals surface area contributed by atoms with E-state index in [4.69, 9.17) is 10.5 Å². The third-order valence-corrected chi connectivity index (χ3v) is 3.25. The summed E-state index contributed by atoms with van der Waals surface area (Å²) in [4.78, 5) is 4.19. The first-order chi connectivity index (χ1) is 9.76. The van der Waals surface area contributed by atoms with Crippen LogP contribution >= 0.6 is 0 Å². The Labute approximate surface area is 120 Å². The molecule has 0 radical (unpaired) electrons.